The molecule has 0 aromatic heterocycles. The average Bonchev–Trinajstić information content (AvgIpc) is 2.60. The Bertz CT molecular complexity index is 307. The first-order valence-electron chi connectivity index (χ1n) is 5.48. The Labute approximate surface area is 97.3 Å². The molecule has 2 unspecified atom stereocenters. The quantitative estimate of drug-likeness (QED) is 0.601. The van der Waals surface area contributed by atoms with Crippen molar-refractivity contribution in [1.29, 1.82) is 0 Å². The second kappa shape index (κ2) is 5.92. The van der Waals surface area contributed by atoms with Crippen LogP contribution < -0.4 is 10.5 Å². The van der Waals surface area contributed by atoms with Crippen molar-refractivity contribution in [2.24, 2.45) is 11.7 Å². The third kappa shape index (κ3) is 3.14. The lowest BCUT2D eigenvalue weighted by Gasteiger charge is -2.25. The fraction of sp³-hybridized carbons (Fsp3) is 1.00. The second-order valence-electron chi connectivity index (χ2n) is 4.07. The van der Waals surface area contributed by atoms with Crippen molar-refractivity contribution >= 4 is 10.2 Å². The Morgan fingerprint density at radius 1 is 1.56 bits per heavy atom. The molecule has 96 valence electrons. The van der Waals surface area contributed by atoms with Crippen molar-refractivity contribution in [3.8, 4) is 0 Å². The lowest BCUT2D eigenvalue weighted by Crippen LogP contribution is -2.48. The fourth-order valence-electron chi connectivity index (χ4n) is 1.98. The van der Waals surface area contributed by atoms with E-state index in [1.54, 1.807) is 0 Å². The molecule has 1 heterocycles. The van der Waals surface area contributed by atoms with Gasteiger partial charge in [0.25, 0.3) is 10.2 Å². The van der Waals surface area contributed by atoms with Crippen molar-refractivity contribution < 1.29 is 13.2 Å². The van der Waals surface area contributed by atoms with E-state index in [4.69, 9.17) is 10.5 Å². The molecule has 3 N–H and O–H groups in total. The van der Waals surface area contributed by atoms with E-state index in [9.17, 15) is 8.42 Å². The minimum Gasteiger partial charge on any atom is -0.383 e. The Morgan fingerprint density at radius 2 is 2.25 bits per heavy atom. The molecule has 16 heavy (non-hydrogen) atoms. The first-order valence-corrected chi connectivity index (χ1v) is 6.92. The average molecular weight is 251 g/mol. The van der Waals surface area contributed by atoms with Crippen molar-refractivity contribution in [3.05, 3.63) is 0 Å². The molecular formula is C9H21N3O3S. The van der Waals surface area contributed by atoms with Gasteiger partial charge in [-0.2, -0.15) is 17.4 Å². The maximum atomic E-state index is 11.9. The van der Waals surface area contributed by atoms with E-state index in [0.29, 0.717) is 32.2 Å². The van der Waals surface area contributed by atoms with Crippen molar-refractivity contribution in [2.75, 3.05) is 33.4 Å². The van der Waals surface area contributed by atoms with Crippen LogP contribution in [0.5, 0.6) is 0 Å². The Kier molecular flexibility index (Phi) is 5.13. The zero-order chi connectivity index (χ0) is 12.2. The molecule has 0 saturated carbocycles. The molecule has 0 amide bonds. The van der Waals surface area contributed by atoms with Gasteiger partial charge in [-0.3, -0.25) is 0 Å². The lowest BCUT2D eigenvalue weighted by atomic mass is 10.0. The van der Waals surface area contributed by atoms with E-state index in [2.05, 4.69) is 4.72 Å². The highest BCUT2D eigenvalue weighted by Crippen LogP contribution is 2.25. The normalized spacial score (nSPS) is 27.4. The molecule has 0 aliphatic carbocycles. The Hall–Kier alpha value is -0.210. The number of nitrogens with two attached hydrogens (primary N) is 1. The summed E-state index contributed by atoms with van der Waals surface area (Å²) in [5.74, 6) is 0.323. The molecule has 6 nitrogen and oxygen atoms in total. The molecule has 1 saturated heterocycles. The fourth-order valence-corrected chi connectivity index (χ4v) is 3.48. The number of rotatable bonds is 6. The summed E-state index contributed by atoms with van der Waals surface area (Å²) in [5, 5.41) is 0. The monoisotopic (exact) mass is 251 g/mol. The van der Waals surface area contributed by atoms with Crippen molar-refractivity contribution in [3.63, 3.8) is 0 Å². The van der Waals surface area contributed by atoms with Crippen LogP contribution in [0, 0.1) is 5.92 Å². The van der Waals surface area contributed by atoms with E-state index < -0.39 is 10.2 Å². The predicted octanol–water partition coefficient (Wildman–Crippen LogP) is -0.864. The molecule has 0 bridgehead atoms. The predicted molar refractivity (Wildman–Crippen MR) is 62.1 cm³/mol. The van der Waals surface area contributed by atoms with Crippen LogP contribution in [0.3, 0.4) is 0 Å². The van der Waals surface area contributed by atoms with Gasteiger partial charge in [0.05, 0.1) is 6.61 Å². The van der Waals surface area contributed by atoms with Crippen LogP contribution in [0.25, 0.3) is 0 Å². The number of nitrogens with one attached hydrogen (secondary N) is 1. The highest BCUT2D eigenvalue weighted by molar-refractivity contribution is 7.87. The number of nitrogens with zero attached hydrogens (tertiary/aromatic N) is 1. The Morgan fingerprint density at radius 3 is 2.81 bits per heavy atom. The van der Waals surface area contributed by atoms with Gasteiger partial charge in [-0.05, 0) is 12.3 Å². The molecule has 7 heteroatoms. The molecule has 0 aromatic carbocycles. The number of hydrogen-bond acceptors (Lipinski definition) is 4. The van der Waals surface area contributed by atoms with Crippen molar-refractivity contribution in [2.45, 2.75) is 19.4 Å². The maximum absolute atomic E-state index is 11.9. The lowest BCUT2D eigenvalue weighted by molar-refractivity contribution is 0.203. The molecule has 0 spiro atoms. The standard InChI is InChI=1S/C9H21N3O3S/c1-8-3-5-12(9(8)7-10)16(13,14)11-4-6-15-2/h8-9,11H,3-7,10H2,1-2H3. The summed E-state index contributed by atoms with van der Waals surface area (Å²) in [6.45, 7) is 3.61. The molecule has 1 fully saturated rings. The highest BCUT2D eigenvalue weighted by Gasteiger charge is 2.37. The molecule has 1 rings (SSSR count). The van der Waals surface area contributed by atoms with Gasteiger partial charge in [-0.1, -0.05) is 6.92 Å². The van der Waals surface area contributed by atoms with E-state index >= 15 is 0 Å². The van der Waals surface area contributed by atoms with E-state index in [1.807, 2.05) is 6.92 Å². The van der Waals surface area contributed by atoms with Gasteiger partial charge in [0.15, 0.2) is 0 Å². The molecule has 0 aromatic rings. The maximum Gasteiger partial charge on any atom is 0.279 e. The third-order valence-corrected chi connectivity index (χ3v) is 4.61. The largest absolute Gasteiger partial charge is 0.383 e. The number of hydrogen-bond donors (Lipinski definition) is 2. The van der Waals surface area contributed by atoms with Gasteiger partial charge < -0.3 is 10.5 Å². The van der Waals surface area contributed by atoms with Crippen LogP contribution in [0.1, 0.15) is 13.3 Å². The molecule has 0 radical (unpaired) electrons. The topological polar surface area (TPSA) is 84.7 Å². The van der Waals surface area contributed by atoms with Crippen LogP contribution in [0.15, 0.2) is 0 Å². The van der Waals surface area contributed by atoms with Crippen LogP contribution in [-0.4, -0.2) is 52.1 Å². The Balaban J connectivity index is 2.61. The molecule has 1 aliphatic rings. The highest BCUT2D eigenvalue weighted by atomic mass is 32.2. The summed E-state index contributed by atoms with van der Waals surface area (Å²) in [6, 6.07) is -0.0833. The molecule has 2 atom stereocenters. The van der Waals surface area contributed by atoms with Crippen LogP contribution in [-0.2, 0) is 14.9 Å². The van der Waals surface area contributed by atoms with Gasteiger partial charge in [0, 0.05) is 32.8 Å². The van der Waals surface area contributed by atoms with Gasteiger partial charge in [-0.15, -0.1) is 0 Å². The van der Waals surface area contributed by atoms with E-state index in [-0.39, 0.29) is 6.04 Å². The van der Waals surface area contributed by atoms with Gasteiger partial charge >= 0.3 is 0 Å². The van der Waals surface area contributed by atoms with Gasteiger partial charge in [0.1, 0.15) is 0 Å². The van der Waals surface area contributed by atoms with Crippen molar-refractivity contribution in [1.82, 2.24) is 9.03 Å². The van der Waals surface area contributed by atoms with Gasteiger partial charge in [-0.25, -0.2) is 0 Å². The van der Waals surface area contributed by atoms with Crippen LogP contribution in [0.4, 0.5) is 0 Å². The van der Waals surface area contributed by atoms with Crippen LogP contribution >= 0.6 is 0 Å². The smallest absolute Gasteiger partial charge is 0.279 e. The van der Waals surface area contributed by atoms with Crippen LogP contribution in [0.2, 0.25) is 0 Å². The minimum atomic E-state index is -3.40. The minimum absolute atomic E-state index is 0.0833. The first kappa shape index (κ1) is 13.9. The zero-order valence-electron chi connectivity index (χ0n) is 9.85. The zero-order valence-corrected chi connectivity index (χ0v) is 10.7. The second-order valence-corrected chi connectivity index (χ2v) is 5.78. The SMILES string of the molecule is COCCNS(=O)(=O)N1CCC(C)C1CN. The number of methoxy groups -OCH3 is 1. The summed E-state index contributed by atoms with van der Waals surface area (Å²) < 4.78 is 32.6. The van der Waals surface area contributed by atoms with E-state index in [1.165, 1.54) is 11.4 Å². The molecule has 1 aliphatic heterocycles. The first-order chi connectivity index (χ1) is 7.53. The third-order valence-electron chi connectivity index (χ3n) is 2.97. The summed E-state index contributed by atoms with van der Waals surface area (Å²) >= 11 is 0. The summed E-state index contributed by atoms with van der Waals surface area (Å²) in [5.41, 5.74) is 5.61. The summed E-state index contributed by atoms with van der Waals surface area (Å²) in [6.07, 6.45) is 0.868. The van der Waals surface area contributed by atoms with E-state index in [0.717, 1.165) is 6.42 Å². The summed E-state index contributed by atoms with van der Waals surface area (Å²) in [4.78, 5) is 0. The molecular weight excluding hydrogens is 230 g/mol. The number of ether oxygens (including phenoxy) is 1. The van der Waals surface area contributed by atoms with Gasteiger partial charge in [0.2, 0.25) is 0 Å². The summed E-state index contributed by atoms with van der Waals surface area (Å²) in [7, 11) is -1.87.